The van der Waals surface area contributed by atoms with E-state index in [9.17, 15) is 0 Å². The van der Waals surface area contributed by atoms with Gasteiger partial charge in [0.05, 0.1) is 5.52 Å². The SMILES string of the molecule is [c]1n[nH]c2ccc3ccccc3c12. The van der Waals surface area contributed by atoms with E-state index in [0.717, 1.165) is 10.9 Å². The van der Waals surface area contributed by atoms with E-state index in [2.05, 4.69) is 34.6 Å². The van der Waals surface area contributed by atoms with Crippen LogP contribution in [0.4, 0.5) is 0 Å². The zero-order valence-electron chi connectivity index (χ0n) is 6.91. The Hall–Kier alpha value is -1.83. The summed E-state index contributed by atoms with van der Waals surface area (Å²) in [5.41, 5.74) is 1.04. The van der Waals surface area contributed by atoms with Gasteiger partial charge in [-0.05, 0) is 16.8 Å². The molecule has 0 unspecified atom stereocenters. The highest BCUT2D eigenvalue weighted by Crippen LogP contribution is 2.22. The Labute approximate surface area is 75.2 Å². The Morgan fingerprint density at radius 3 is 3.00 bits per heavy atom. The number of nitrogens with zero attached hydrogens (tertiary/aromatic N) is 1. The van der Waals surface area contributed by atoms with E-state index in [1.165, 1.54) is 10.8 Å². The van der Waals surface area contributed by atoms with Gasteiger partial charge in [0, 0.05) is 5.39 Å². The maximum Gasteiger partial charge on any atom is 0.121 e. The fraction of sp³-hybridized carbons (Fsp3) is 0. The topological polar surface area (TPSA) is 28.7 Å². The van der Waals surface area contributed by atoms with Crippen LogP contribution in [0.25, 0.3) is 21.7 Å². The van der Waals surface area contributed by atoms with Crippen molar-refractivity contribution in [3.63, 3.8) is 0 Å². The Balaban J connectivity index is 2.65. The van der Waals surface area contributed by atoms with Gasteiger partial charge < -0.3 is 0 Å². The monoisotopic (exact) mass is 167 g/mol. The predicted molar refractivity (Wildman–Crippen MR) is 52.4 cm³/mol. The first-order chi connectivity index (χ1) is 6.45. The van der Waals surface area contributed by atoms with Crippen LogP contribution in [0.3, 0.4) is 0 Å². The average molecular weight is 167 g/mol. The van der Waals surface area contributed by atoms with E-state index in [0.29, 0.717) is 0 Å². The standard InChI is InChI=1S/C11H7N2/c1-2-4-9-8(3-1)5-6-11-10(9)7-12-13-11/h1-6H,(H,12,13). The summed E-state index contributed by atoms with van der Waals surface area (Å²) >= 11 is 0. The lowest BCUT2D eigenvalue weighted by Gasteiger charge is -1.96. The first-order valence-electron chi connectivity index (χ1n) is 4.19. The fourth-order valence-electron chi connectivity index (χ4n) is 1.63. The van der Waals surface area contributed by atoms with Gasteiger partial charge in [-0.1, -0.05) is 30.3 Å². The molecule has 1 radical (unpaired) electrons. The lowest BCUT2D eigenvalue weighted by atomic mass is 10.1. The van der Waals surface area contributed by atoms with Crippen LogP contribution in [0.2, 0.25) is 0 Å². The van der Waals surface area contributed by atoms with Gasteiger partial charge in [0.2, 0.25) is 0 Å². The molecule has 2 heteroatoms. The lowest BCUT2D eigenvalue weighted by molar-refractivity contribution is 1.11. The van der Waals surface area contributed by atoms with Crippen molar-refractivity contribution in [2.75, 3.05) is 0 Å². The van der Waals surface area contributed by atoms with Gasteiger partial charge in [-0.25, -0.2) is 0 Å². The summed E-state index contributed by atoms with van der Waals surface area (Å²) in [6.07, 6.45) is 2.96. The van der Waals surface area contributed by atoms with Crippen LogP contribution < -0.4 is 0 Å². The molecule has 0 saturated carbocycles. The number of aromatic amines is 1. The number of hydrogen-bond acceptors (Lipinski definition) is 1. The summed E-state index contributed by atoms with van der Waals surface area (Å²) < 4.78 is 0. The smallest absolute Gasteiger partial charge is 0.121 e. The molecule has 0 amide bonds. The van der Waals surface area contributed by atoms with Crippen molar-refractivity contribution >= 4 is 21.7 Å². The highest BCUT2D eigenvalue weighted by atomic mass is 15.1. The molecule has 13 heavy (non-hydrogen) atoms. The summed E-state index contributed by atoms with van der Waals surface area (Å²) in [5, 5.41) is 10.3. The quantitative estimate of drug-likeness (QED) is 0.547. The lowest BCUT2D eigenvalue weighted by Crippen LogP contribution is -1.72. The minimum atomic E-state index is 1.04. The van der Waals surface area contributed by atoms with Gasteiger partial charge in [-0.2, -0.15) is 5.10 Å². The summed E-state index contributed by atoms with van der Waals surface area (Å²) in [6.45, 7) is 0. The van der Waals surface area contributed by atoms with E-state index in [1.54, 1.807) is 0 Å². The molecular weight excluding hydrogens is 160 g/mol. The Morgan fingerprint density at radius 2 is 2.00 bits per heavy atom. The molecule has 1 N–H and O–H groups in total. The molecule has 0 fully saturated rings. The minimum Gasteiger partial charge on any atom is -0.277 e. The van der Waals surface area contributed by atoms with E-state index in [4.69, 9.17) is 0 Å². The Bertz CT molecular complexity index is 566. The van der Waals surface area contributed by atoms with E-state index < -0.39 is 0 Å². The molecule has 3 aromatic rings. The third kappa shape index (κ3) is 0.855. The van der Waals surface area contributed by atoms with E-state index in [-0.39, 0.29) is 0 Å². The van der Waals surface area contributed by atoms with Crippen LogP contribution in [-0.2, 0) is 0 Å². The molecule has 2 aromatic carbocycles. The van der Waals surface area contributed by atoms with Crippen LogP contribution in [0.1, 0.15) is 0 Å². The van der Waals surface area contributed by atoms with Crippen LogP contribution in [-0.4, -0.2) is 10.2 Å². The summed E-state index contributed by atoms with van der Waals surface area (Å²) in [7, 11) is 0. The van der Waals surface area contributed by atoms with Gasteiger partial charge in [-0.3, -0.25) is 5.10 Å². The molecule has 0 aliphatic carbocycles. The van der Waals surface area contributed by atoms with E-state index in [1.807, 2.05) is 18.2 Å². The molecule has 0 aliphatic rings. The molecule has 1 aromatic heterocycles. The zero-order chi connectivity index (χ0) is 8.67. The van der Waals surface area contributed by atoms with Crippen LogP contribution in [0.5, 0.6) is 0 Å². The largest absolute Gasteiger partial charge is 0.277 e. The number of H-pyrrole nitrogens is 1. The molecule has 2 nitrogen and oxygen atoms in total. The first kappa shape index (κ1) is 6.66. The maximum absolute atomic E-state index is 3.90. The molecule has 61 valence electrons. The van der Waals surface area contributed by atoms with Gasteiger partial charge in [0.25, 0.3) is 0 Å². The third-order valence-electron chi connectivity index (χ3n) is 2.27. The normalized spacial score (nSPS) is 11.1. The molecule has 0 bridgehead atoms. The second-order valence-corrected chi connectivity index (χ2v) is 3.04. The third-order valence-corrected chi connectivity index (χ3v) is 2.27. The summed E-state index contributed by atoms with van der Waals surface area (Å²) in [6, 6.07) is 12.4. The second-order valence-electron chi connectivity index (χ2n) is 3.04. The van der Waals surface area contributed by atoms with Gasteiger partial charge in [0.15, 0.2) is 0 Å². The van der Waals surface area contributed by atoms with Gasteiger partial charge in [0.1, 0.15) is 6.20 Å². The molecule has 0 aliphatic heterocycles. The van der Waals surface area contributed by atoms with Gasteiger partial charge >= 0.3 is 0 Å². The molecule has 0 spiro atoms. The van der Waals surface area contributed by atoms with Crippen molar-refractivity contribution in [2.24, 2.45) is 0 Å². The van der Waals surface area contributed by atoms with Crippen LogP contribution in [0.15, 0.2) is 36.4 Å². The van der Waals surface area contributed by atoms with E-state index >= 15 is 0 Å². The number of aromatic nitrogens is 2. The second kappa shape index (κ2) is 2.33. The Morgan fingerprint density at radius 1 is 1.08 bits per heavy atom. The molecular formula is C11H7N2. The number of fused-ring (bicyclic) bond motifs is 3. The minimum absolute atomic E-state index is 1.04. The zero-order valence-corrected chi connectivity index (χ0v) is 6.91. The first-order valence-corrected chi connectivity index (χ1v) is 4.19. The van der Waals surface area contributed by atoms with Crippen molar-refractivity contribution in [3.8, 4) is 0 Å². The maximum atomic E-state index is 3.90. The number of rotatable bonds is 0. The van der Waals surface area contributed by atoms with Crippen LogP contribution >= 0.6 is 0 Å². The van der Waals surface area contributed by atoms with Crippen LogP contribution in [0, 0.1) is 6.20 Å². The predicted octanol–water partition coefficient (Wildman–Crippen LogP) is 2.52. The number of benzene rings is 2. The number of hydrogen-bond donors (Lipinski definition) is 1. The molecule has 0 saturated heterocycles. The van der Waals surface area contributed by atoms with Gasteiger partial charge in [-0.15, -0.1) is 0 Å². The van der Waals surface area contributed by atoms with Crippen molar-refractivity contribution in [1.29, 1.82) is 0 Å². The molecule has 3 rings (SSSR count). The highest BCUT2D eigenvalue weighted by Gasteiger charge is 2.00. The van der Waals surface area contributed by atoms with Crippen molar-refractivity contribution < 1.29 is 0 Å². The number of nitrogens with one attached hydrogen (secondary N) is 1. The molecule has 1 heterocycles. The fourth-order valence-corrected chi connectivity index (χ4v) is 1.63. The average Bonchev–Trinajstić information content (AvgIpc) is 2.65. The summed E-state index contributed by atoms with van der Waals surface area (Å²) in [4.78, 5) is 0. The molecule has 0 atom stereocenters. The summed E-state index contributed by atoms with van der Waals surface area (Å²) in [5.74, 6) is 0. The Kier molecular flexibility index (Phi) is 1.19. The van der Waals surface area contributed by atoms with Crippen molar-refractivity contribution in [3.05, 3.63) is 42.6 Å². The van der Waals surface area contributed by atoms with Crippen molar-refractivity contribution in [1.82, 2.24) is 10.2 Å². The van der Waals surface area contributed by atoms with Crippen molar-refractivity contribution in [2.45, 2.75) is 0 Å². The highest BCUT2D eigenvalue weighted by molar-refractivity contribution is 6.05.